The Morgan fingerprint density at radius 2 is 1.01 bits per heavy atom. The lowest BCUT2D eigenvalue weighted by Gasteiger charge is -2.25. The topological polar surface area (TPSA) is 207 Å². The van der Waals surface area contributed by atoms with Crippen molar-refractivity contribution in [1.82, 2.24) is 19.6 Å². The normalized spacial score (nSPS) is 17.4. The molecule has 7 aromatic carbocycles. The first kappa shape index (κ1) is 70.7. The number of benzene rings is 7. The van der Waals surface area contributed by atoms with Crippen LogP contribution in [0.5, 0.6) is 5.75 Å². The summed E-state index contributed by atoms with van der Waals surface area (Å²) in [6, 6.07) is 56.4. The van der Waals surface area contributed by atoms with E-state index in [1.807, 2.05) is 146 Å². The second-order valence-electron chi connectivity index (χ2n) is 23.3. The summed E-state index contributed by atoms with van der Waals surface area (Å²) in [5, 5.41) is 2.09. The van der Waals surface area contributed by atoms with Gasteiger partial charge in [0.05, 0.1) is 19.8 Å². The second-order valence-corrected chi connectivity index (χ2v) is 24.0. The lowest BCUT2D eigenvalue weighted by molar-refractivity contribution is -0.135. The van der Waals surface area contributed by atoms with Crippen LogP contribution < -0.4 is 14.5 Å². The largest absolute Gasteiger partial charge is 0.497 e. The molecule has 0 saturated carbocycles. The SMILES string of the molecule is CCCCCCCN1C(=O)/C(=C\c2ccc(N(C)C)cc2)OC1=S.CCN1C(=O)O/C(=C/c2ccc3oc4ccccc4c3c2)C1=O.COc1ccc(/C=C2/OC(=S)N(C(C)=O)C2=O)cc1.O=C1O/C(=C/c2ccc(N(c3ccccc3)c3ccccc3)cc2)C(=O)N1CC1CCCO1. The number of amides is 7. The average molecular weight is 1370 g/mol. The number of imide groups is 3. The van der Waals surface area contributed by atoms with E-state index >= 15 is 0 Å². The van der Waals surface area contributed by atoms with E-state index in [1.54, 1.807) is 61.4 Å². The summed E-state index contributed by atoms with van der Waals surface area (Å²) in [6.07, 6.45) is 12.6. The fourth-order valence-corrected chi connectivity index (χ4v) is 11.6. The lowest BCUT2D eigenvalue weighted by atomic mass is 10.1. The van der Waals surface area contributed by atoms with E-state index < -0.39 is 35.8 Å². The van der Waals surface area contributed by atoms with Crippen LogP contribution in [0.1, 0.15) is 88.0 Å². The Balaban J connectivity index is 0.000000146. The van der Waals surface area contributed by atoms with Crippen molar-refractivity contribution in [2.45, 2.75) is 71.8 Å². The molecular weight excluding hydrogens is 1300 g/mol. The van der Waals surface area contributed by atoms with Crippen LogP contribution in [0.15, 0.2) is 203 Å². The minimum absolute atomic E-state index is 0.0327. The highest BCUT2D eigenvalue weighted by Gasteiger charge is 2.40. The van der Waals surface area contributed by atoms with Crippen LogP contribution >= 0.6 is 24.4 Å². The predicted molar refractivity (Wildman–Crippen MR) is 387 cm³/mol. The third kappa shape index (κ3) is 17.6. The third-order valence-electron chi connectivity index (χ3n) is 16.2. The summed E-state index contributed by atoms with van der Waals surface area (Å²) in [6.45, 7) is 7.00. The number of hydrogen-bond acceptors (Lipinski definition) is 18. The zero-order valence-corrected chi connectivity index (χ0v) is 57.3. The van der Waals surface area contributed by atoms with Crippen molar-refractivity contribution in [1.29, 1.82) is 0 Å². The number of ether oxygens (including phenoxy) is 6. The number of nitrogens with zero attached hydrogens (tertiary/aromatic N) is 6. The van der Waals surface area contributed by atoms with Gasteiger partial charge in [0.15, 0.2) is 23.0 Å². The molecule has 99 heavy (non-hydrogen) atoms. The first-order valence-electron chi connectivity index (χ1n) is 32.4. The van der Waals surface area contributed by atoms with Crippen LogP contribution in [-0.4, -0.2) is 125 Å². The van der Waals surface area contributed by atoms with Gasteiger partial charge in [0.25, 0.3) is 28.1 Å². The highest BCUT2D eigenvalue weighted by Crippen LogP contribution is 2.36. The van der Waals surface area contributed by atoms with Crippen LogP contribution in [-0.2, 0) is 47.7 Å². The van der Waals surface area contributed by atoms with Gasteiger partial charge in [-0.25, -0.2) is 24.3 Å². The Bertz CT molecular complexity index is 4390. The standard InChI is InChI=1S/C27H24N2O4.C19H26N2O2S.C18H13NO4.C13H11NO4S/c30-26-25(33-27(31)28(26)19-24-12-7-17-32-24)18-20-13-15-23(16-14-20)29(21-8-3-1-4-9-21)22-10-5-2-6-11-22;1-4-5-6-7-8-13-21-18(22)17(23-19(21)24)14-15-9-11-16(12-10-15)20(2)3;1-2-19-17(20)16(23-18(19)21)10-11-7-8-15-13(9-11)12-5-3-4-6-14(12)22-15;1-8(15)14-12(16)11(18-13(14)19)7-9-3-5-10(17-2)6-4-9/h1-6,8-11,13-16,18,24H,7,12,17,19H2;9-12,14H,4-8,13H2,1-3H3;3-10H,2H2,1H3;3-7H,1-2H3/b25-18+;17-14+;16-10+;11-7+. The smallest absolute Gasteiger partial charge is 0.422 e. The van der Waals surface area contributed by atoms with Gasteiger partial charge in [-0.3, -0.25) is 28.9 Å². The molecule has 7 amide bonds. The zero-order chi connectivity index (χ0) is 70.1. The molecule has 5 saturated heterocycles. The van der Waals surface area contributed by atoms with E-state index in [9.17, 15) is 33.6 Å². The summed E-state index contributed by atoms with van der Waals surface area (Å²) in [5.74, 6) is -0.839. The quantitative estimate of drug-likeness (QED) is 0.0444. The molecule has 508 valence electrons. The van der Waals surface area contributed by atoms with Gasteiger partial charge < -0.3 is 42.6 Å². The van der Waals surface area contributed by atoms with Gasteiger partial charge in [-0.15, -0.1) is 0 Å². The molecule has 0 bridgehead atoms. The highest BCUT2D eigenvalue weighted by atomic mass is 32.1. The summed E-state index contributed by atoms with van der Waals surface area (Å²) in [5.41, 5.74) is 8.98. The Morgan fingerprint density at radius 1 is 0.525 bits per heavy atom. The number of hydrogen-bond donors (Lipinski definition) is 0. The van der Waals surface area contributed by atoms with Crippen LogP contribution in [0.25, 0.3) is 46.2 Å². The molecule has 0 radical (unpaired) electrons. The number of likely N-dealkylation sites (N-methyl/N-ethyl adjacent to an activating group) is 1. The van der Waals surface area contributed by atoms with Gasteiger partial charge in [-0.1, -0.05) is 130 Å². The van der Waals surface area contributed by atoms with E-state index in [1.165, 1.54) is 32.3 Å². The number of fused-ring (bicyclic) bond motifs is 3. The molecule has 1 atom stereocenters. The Hall–Kier alpha value is -11.1. The highest BCUT2D eigenvalue weighted by molar-refractivity contribution is 7.80. The third-order valence-corrected chi connectivity index (χ3v) is 16.8. The molecule has 5 aliphatic rings. The number of carbonyl (C=O) groups excluding carboxylic acids is 7. The van der Waals surface area contributed by atoms with E-state index in [4.69, 9.17) is 57.3 Å². The van der Waals surface area contributed by atoms with Gasteiger partial charge in [0.2, 0.25) is 5.91 Å². The van der Waals surface area contributed by atoms with Crippen LogP contribution in [0.3, 0.4) is 0 Å². The average Bonchev–Trinajstić information content (AvgIpc) is 1.36. The molecule has 20 nitrogen and oxygen atoms in total. The van der Waals surface area contributed by atoms with Gasteiger partial charge in [0.1, 0.15) is 16.9 Å². The van der Waals surface area contributed by atoms with E-state index in [2.05, 4.69) is 36.1 Å². The molecule has 5 fully saturated rings. The number of unbranched alkanes of at least 4 members (excludes halogenated alkanes) is 4. The van der Waals surface area contributed by atoms with Crippen molar-refractivity contribution in [3.8, 4) is 5.75 Å². The molecule has 0 spiro atoms. The molecule has 22 heteroatoms. The first-order valence-corrected chi connectivity index (χ1v) is 33.2. The number of rotatable bonds is 18. The minimum atomic E-state index is -0.641. The maximum atomic E-state index is 12.7. The van der Waals surface area contributed by atoms with Crippen molar-refractivity contribution in [2.24, 2.45) is 0 Å². The number of carbonyl (C=O) groups is 7. The number of para-hydroxylation sites is 3. The van der Waals surface area contributed by atoms with Gasteiger partial charge in [-0.05, 0) is 176 Å². The predicted octanol–water partition coefficient (Wildman–Crippen LogP) is 15.5. The summed E-state index contributed by atoms with van der Waals surface area (Å²) in [7, 11) is 5.56. The molecular formula is C77H74N6O14S2. The summed E-state index contributed by atoms with van der Waals surface area (Å²) >= 11 is 10.0. The number of furan rings is 1. The molecule has 0 aliphatic carbocycles. The Kier molecular flexibility index (Phi) is 23.8. The van der Waals surface area contributed by atoms with Crippen LogP contribution in [0, 0.1) is 0 Å². The van der Waals surface area contributed by atoms with Crippen molar-refractivity contribution in [3.05, 3.63) is 221 Å². The number of anilines is 4. The zero-order valence-electron chi connectivity index (χ0n) is 55.6. The summed E-state index contributed by atoms with van der Waals surface area (Å²) in [4.78, 5) is 92.9. The minimum Gasteiger partial charge on any atom is -0.497 e. The Labute approximate surface area is 584 Å². The number of cyclic esters (lactones) is 2. The monoisotopic (exact) mass is 1370 g/mol. The maximum absolute atomic E-state index is 12.7. The first-order chi connectivity index (χ1) is 47.9. The van der Waals surface area contributed by atoms with Crippen molar-refractivity contribution in [3.63, 3.8) is 0 Å². The number of methoxy groups -OCH3 is 1. The maximum Gasteiger partial charge on any atom is 0.422 e. The molecule has 0 N–H and O–H groups in total. The fourth-order valence-electron chi connectivity index (χ4n) is 11.1. The van der Waals surface area contributed by atoms with Crippen molar-refractivity contribution in [2.75, 3.05) is 57.2 Å². The van der Waals surface area contributed by atoms with Crippen LogP contribution in [0.4, 0.5) is 32.3 Å². The van der Waals surface area contributed by atoms with Crippen LogP contribution in [0.2, 0.25) is 0 Å². The van der Waals surface area contributed by atoms with E-state index in [-0.39, 0.29) is 46.2 Å². The summed E-state index contributed by atoms with van der Waals surface area (Å²) < 4.78 is 37.3. The molecule has 8 aromatic rings. The van der Waals surface area contributed by atoms with Gasteiger partial charge in [-0.2, -0.15) is 0 Å². The van der Waals surface area contributed by atoms with Gasteiger partial charge >= 0.3 is 18.1 Å². The fraction of sp³-hybridized carbons (Fsp3) is 0.234. The van der Waals surface area contributed by atoms with Crippen molar-refractivity contribution < 1.29 is 66.4 Å². The molecule has 1 unspecified atom stereocenters. The molecule has 5 aliphatic heterocycles. The number of thiocarbonyl (C=S) groups is 2. The van der Waals surface area contributed by atoms with Gasteiger partial charge in [0, 0.05) is 74.2 Å². The lowest BCUT2D eigenvalue weighted by Crippen LogP contribution is -2.35. The van der Waals surface area contributed by atoms with E-state index in [0.29, 0.717) is 31.2 Å². The molecule has 1 aromatic heterocycles. The Morgan fingerprint density at radius 3 is 1.56 bits per heavy atom. The second kappa shape index (κ2) is 33.3. The van der Waals surface area contributed by atoms with Crippen molar-refractivity contribution >= 4 is 145 Å². The molecule has 6 heterocycles. The molecule has 13 rings (SSSR count). The van der Waals surface area contributed by atoms with E-state index in [0.717, 1.165) is 107 Å².